The maximum Gasteiger partial charge on any atom is 0.246 e. The summed E-state index contributed by atoms with van der Waals surface area (Å²) in [6.07, 6.45) is -0.667. The van der Waals surface area contributed by atoms with Gasteiger partial charge in [-0.05, 0) is 133 Å². The maximum absolute atomic E-state index is 14.6. The Kier molecular flexibility index (Phi) is 49.2. The van der Waals surface area contributed by atoms with Crippen LogP contribution < -0.4 is 126 Å². The molecular formula is C76H134N28O20. The van der Waals surface area contributed by atoms with Crippen molar-refractivity contribution in [3.63, 3.8) is 0 Å². The van der Waals surface area contributed by atoms with Gasteiger partial charge in [-0.15, -0.1) is 0 Å². The van der Waals surface area contributed by atoms with Gasteiger partial charge in [-0.25, -0.2) is 0 Å². The summed E-state index contributed by atoms with van der Waals surface area (Å²) in [6, 6.07) is -17.6. The van der Waals surface area contributed by atoms with E-state index in [0.717, 1.165) is 0 Å². The predicted molar refractivity (Wildman–Crippen MR) is 452 cm³/mol. The van der Waals surface area contributed by atoms with Gasteiger partial charge in [0.05, 0.1) is 38.3 Å². The third-order valence-electron chi connectivity index (χ3n) is 19.4. The average molecular weight is 1760 g/mol. The number of primary amides is 3. The molecule has 124 heavy (non-hydrogen) atoms. The van der Waals surface area contributed by atoms with Gasteiger partial charge in [-0.1, -0.05) is 55.4 Å². The minimum absolute atomic E-state index is 0.00769. The van der Waals surface area contributed by atoms with Crippen LogP contribution >= 0.6 is 0 Å². The van der Waals surface area contributed by atoms with Crippen LogP contribution in [0.5, 0.6) is 0 Å². The first-order chi connectivity index (χ1) is 58.3. The van der Waals surface area contributed by atoms with Gasteiger partial charge in [0, 0.05) is 52.0 Å². The number of aliphatic hydroxyl groups is 1. The van der Waals surface area contributed by atoms with Crippen LogP contribution in [0.4, 0.5) is 0 Å². The lowest BCUT2D eigenvalue weighted by atomic mass is 9.99. The highest BCUT2D eigenvalue weighted by molar-refractivity contribution is 6.00. The second-order valence-corrected chi connectivity index (χ2v) is 32.2. The van der Waals surface area contributed by atoms with E-state index < -0.39 is 237 Å². The number of aliphatic imine (C=N–C) groups is 3. The molecule has 0 spiro atoms. The van der Waals surface area contributed by atoms with Gasteiger partial charge in [0.1, 0.15) is 72.7 Å². The monoisotopic (exact) mass is 1760 g/mol. The number of amides is 18. The van der Waals surface area contributed by atoms with Gasteiger partial charge in [0.2, 0.25) is 106 Å². The van der Waals surface area contributed by atoms with Crippen molar-refractivity contribution in [3.05, 3.63) is 0 Å². The van der Waals surface area contributed by atoms with E-state index >= 15 is 0 Å². The van der Waals surface area contributed by atoms with E-state index in [0.29, 0.717) is 25.5 Å². The van der Waals surface area contributed by atoms with Crippen molar-refractivity contribution in [3.8, 4) is 0 Å². The maximum atomic E-state index is 14.6. The molecule has 0 radical (unpaired) electrons. The summed E-state index contributed by atoms with van der Waals surface area (Å²) < 4.78 is 0. The van der Waals surface area contributed by atoms with E-state index in [9.17, 15) is 96.2 Å². The Labute approximate surface area is 720 Å². The van der Waals surface area contributed by atoms with Crippen LogP contribution in [0.2, 0.25) is 0 Å². The molecule has 698 valence electrons. The molecule has 13 atom stereocenters. The van der Waals surface area contributed by atoms with Crippen molar-refractivity contribution >= 4 is 130 Å². The molecule has 2 rings (SSSR count). The zero-order valence-corrected chi connectivity index (χ0v) is 72.1. The third kappa shape index (κ3) is 42.6. The van der Waals surface area contributed by atoms with Crippen molar-refractivity contribution in [2.24, 2.45) is 96.0 Å². The fourth-order valence-electron chi connectivity index (χ4n) is 13.3. The lowest BCUT2D eigenvalue weighted by molar-refractivity contribution is -0.146. The van der Waals surface area contributed by atoms with Crippen molar-refractivity contribution in [1.29, 1.82) is 0 Å². The summed E-state index contributed by atoms with van der Waals surface area (Å²) in [4.78, 5) is 271. The van der Waals surface area contributed by atoms with Crippen LogP contribution in [0.15, 0.2) is 15.0 Å². The average Bonchev–Trinajstić information content (AvgIpc) is 1.65. The second kappa shape index (κ2) is 56.5. The smallest absolute Gasteiger partial charge is 0.246 e. The van der Waals surface area contributed by atoms with Gasteiger partial charge in [-0.3, -0.25) is 101 Å². The van der Waals surface area contributed by atoms with E-state index in [-0.39, 0.29) is 158 Å². The molecular weight excluding hydrogens is 1630 g/mol. The lowest BCUT2D eigenvalue weighted by Crippen LogP contribution is -2.60. The van der Waals surface area contributed by atoms with E-state index in [4.69, 9.17) is 57.3 Å². The van der Waals surface area contributed by atoms with Gasteiger partial charge in [0.25, 0.3) is 0 Å². The predicted octanol–water partition coefficient (Wildman–Crippen LogP) is -10.2. The zero-order valence-electron chi connectivity index (χ0n) is 72.1. The number of nitrogens with two attached hydrogens (primary N) is 10. The number of aliphatic hydroxyl groups excluding tert-OH is 1. The summed E-state index contributed by atoms with van der Waals surface area (Å²) in [6.45, 7) is 11.1. The molecule has 48 heteroatoms. The van der Waals surface area contributed by atoms with E-state index in [1.54, 1.807) is 55.4 Å². The number of likely N-dealkylation sites (tertiary alicyclic amines) is 2. The molecule has 34 N–H and O–H groups in total. The third-order valence-corrected chi connectivity index (χ3v) is 19.4. The Bertz CT molecular complexity index is 3740. The quantitative estimate of drug-likeness (QED) is 0.0116. The first-order valence-corrected chi connectivity index (χ1v) is 41.5. The Morgan fingerprint density at radius 3 is 1.10 bits per heavy atom. The molecule has 18 amide bonds. The molecule has 2 aliphatic heterocycles. The first-order valence-electron chi connectivity index (χ1n) is 41.5. The van der Waals surface area contributed by atoms with E-state index in [1.165, 1.54) is 9.80 Å². The number of rotatable bonds is 59. The molecule has 0 aromatic heterocycles. The Balaban J connectivity index is 2.36. The van der Waals surface area contributed by atoms with Crippen molar-refractivity contribution < 1.29 is 96.2 Å². The lowest BCUT2D eigenvalue weighted by Gasteiger charge is -2.31. The molecule has 2 saturated heterocycles. The van der Waals surface area contributed by atoms with Crippen molar-refractivity contribution in [2.45, 2.75) is 262 Å². The Morgan fingerprint density at radius 1 is 0.371 bits per heavy atom. The number of aldehydes is 1. The highest BCUT2D eigenvalue weighted by Gasteiger charge is 2.43. The number of hydrogen-bond acceptors (Lipinski definition) is 24. The number of nitrogens with zero attached hydrogens (tertiary/aromatic N) is 5. The van der Waals surface area contributed by atoms with Gasteiger partial charge < -0.3 is 146 Å². The summed E-state index contributed by atoms with van der Waals surface area (Å²) in [5.74, 6) is -17.5. The SMILES string of the molecule is CC(C)C[C@H](NC(=O)CNC(=O)[C@@H]1CCCN1C(=O)[C@@H]1CCCN1C(=O)CNC(=O)[C@H](CO)NC(=O)[C@@H](N)CCCN=C(N)N)C(=O)N[C@@H](CCC(N)=O)C(=O)NCC(=O)N[C@@H](CCCN=C(N)N)C(=O)N[C@@H](CC(C)C)C(=O)N[C@@H](CCC(N)=O)C(=O)N[C@@H](CCCN=C(N)N)C(=O)N[C@@H](CC(C)C)C(=O)N[C@@H](CC(C)C)C(=O)N[C@H](C=O)CCC(N)=O. The summed E-state index contributed by atoms with van der Waals surface area (Å²) in [5, 5.41) is 42.5. The van der Waals surface area contributed by atoms with Crippen molar-refractivity contribution in [1.82, 2.24) is 78.9 Å². The molecule has 48 nitrogen and oxygen atoms in total. The Hall–Kier alpha value is -12.1. The number of hydrogen-bond donors (Lipinski definition) is 24. The molecule has 0 aromatic carbocycles. The van der Waals surface area contributed by atoms with Crippen LogP contribution in [-0.4, -0.2) is 283 Å². The molecule has 0 saturated carbocycles. The first kappa shape index (κ1) is 108. The fourth-order valence-corrected chi connectivity index (χ4v) is 13.3. The standard InChI is InChI=1S/C76H134N28O20/c1-39(2)30-49(95-60(111)35-91-72(123)54-17-12-29-104(54)73(124)55-18-13-28-103(55)61(112)36-92-64(115)53(38-106)102-62(113)44(77)14-9-25-87-74(81)82)69(120)97-47(20-23-57(79)108)63(114)90-34-59(110)94-45(15-10-26-88-75(83)84)65(116)99-51(32-41(5)6)70(121)98-48(21-24-58(80)109)67(118)96-46(16-11-27-89-76(85)86)66(117)100-52(33-42(7)8)71(122)101-50(31-40(3)4)68(119)93-43(37-105)19-22-56(78)107/h37,39-55,106H,9-36,38,77H2,1-8H3,(H2,78,107)(H2,79,108)(H2,80,109)(H,90,114)(H,91,123)(H,92,115)(H,93,119)(H,94,110)(H,95,111)(H,96,118)(H,97,120)(H,98,121)(H,99,116)(H,100,117)(H,101,122)(H,102,113)(H4,81,82,87)(H4,83,84,88)(H4,85,86,89)/t43-,44-,45-,46-,47-,48-,49-,50-,51-,52-,53-,54-,55-/m0/s1. The van der Waals surface area contributed by atoms with Crippen LogP contribution in [0, 0.1) is 23.7 Å². The van der Waals surface area contributed by atoms with E-state index in [2.05, 4.69) is 84.1 Å². The van der Waals surface area contributed by atoms with Gasteiger partial charge in [0.15, 0.2) is 17.9 Å². The summed E-state index contributed by atoms with van der Waals surface area (Å²) >= 11 is 0. The van der Waals surface area contributed by atoms with Gasteiger partial charge in [-0.2, -0.15) is 0 Å². The van der Waals surface area contributed by atoms with Crippen LogP contribution in [0.25, 0.3) is 0 Å². The number of carbonyl (C=O) groups is 19. The number of nitrogens with one attached hydrogen (secondary N) is 13. The molecule has 0 unspecified atom stereocenters. The molecule has 2 fully saturated rings. The molecule has 2 heterocycles. The second-order valence-electron chi connectivity index (χ2n) is 32.2. The molecule has 2 aliphatic rings. The van der Waals surface area contributed by atoms with Crippen LogP contribution in [0.3, 0.4) is 0 Å². The highest BCUT2D eigenvalue weighted by Crippen LogP contribution is 2.26. The zero-order chi connectivity index (χ0) is 93.6. The minimum Gasteiger partial charge on any atom is -0.394 e. The topological polar surface area (TPSA) is 805 Å². The summed E-state index contributed by atoms with van der Waals surface area (Å²) in [7, 11) is 0. The fraction of sp³-hybridized carbons (Fsp3) is 0.711. The Morgan fingerprint density at radius 2 is 0.694 bits per heavy atom. The molecule has 0 bridgehead atoms. The minimum atomic E-state index is -1.67. The summed E-state index contributed by atoms with van der Waals surface area (Å²) in [5.41, 5.74) is 55.0. The molecule has 0 aromatic rings. The number of guanidine groups is 3. The van der Waals surface area contributed by atoms with Crippen LogP contribution in [-0.2, 0) is 91.1 Å². The highest BCUT2D eigenvalue weighted by atomic mass is 16.3. The van der Waals surface area contributed by atoms with Crippen molar-refractivity contribution in [2.75, 3.05) is 59.0 Å². The van der Waals surface area contributed by atoms with Crippen LogP contribution in [0.1, 0.15) is 184 Å². The largest absolute Gasteiger partial charge is 0.394 e. The number of carbonyl (C=O) groups excluding carboxylic acids is 19. The molecule has 0 aliphatic carbocycles. The normalized spacial score (nSPS) is 16.2. The van der Waals surface area contributed by atoms with Gasteiger partial charge >= 0.3 is 0 Å². The van der Waals surface area contributed by atoms with E-state index in [1.807, 2.05) is 0 Å².